The molecule has 9 heteroatoms. The molecule has 3 heterocycles. The number of nitrogens with one attached hydrogen (secondary N) is 2. The molecule has 1 aromatic heterocycles. The summed E-state index contributed by atoms with van der Waals surface area (Å²) in [4.78, 5) is 33.1. The number of amides is 2. The minimum absolute atomic E-state index is 0.228. The molecule has 1 saturated carbocycles. The molecule has 3 aliphatic rings. The Morgan fingerprint density at radius 3 is 2.53 bits per heavy atom. The smallest absolute Gasteiger partial charge is 0.328 e. The Hall–Kier alpha value is -2.75. The van der Waals surface area contributed by atoms with Crippen LogP contribution in [0.1, 0.15) is 18.4 Å². The minimum Gasteiger partial charge on any atom is -0.328 e. The number of nitrogens with zero attached hydrogens (tertiary/aromatic N) is 4. The van der Waals surface area contributed by atoms with E-state index >= 15 is 0 Å². The van der Waals surface area contributed by atoms with Gasteiger partial charge in [0.05, 0.1) is 5.69 Å². The summed E-state index contributed by atoms with van der Waals surface area (Å²) in [6.45, 7) is 6.23. The van der Waals surface area contributed by atoms with Crippen LogP contribution in [-0.2, 0) is 6.42 Å². The van der Waals surface area contributed by atoms with Crippen LogP contribution < -0.4 is 22.1 Å². The number of urea groups is 1. The number of carbonyl (C=O) groups is 1. The van der Waals surface area contributed by atoms with Gasteiger partial charge in [0.2, 0.25) is 0 Å². The summed E-state index contributed by atoms with van der Waals surface area (Å²) in [5.41, 5.74) is 8.06. The lowest BCUT2D eigenvalue weighted by molar-refractivity contribution is -0.0698. The number of nitrogens with two attached hydrogens (primary N) is 1. The van der Waals surface area contributed by atoms with Gasteiger partial charge in [-0.1, -0.05) is 12.1 Å². The molecule has 2 aromatic rings. The van der Waals surface area contributed by atoms with Gasteiger partial charge in [-0.3, -0.25) is 9.88 Å². The van der Waals surface area contributed by atoms with E-state index in [0.717, 1.165) is 31.7 Å². The van der Waals surface area contributed by atoms with Crippen molar-refractivity contribution in [2.45, 2.75) is 25.3 Å². The lowest BCUT2D eigenvalue weighted by atomic mass is 9.61. The Balaban J connectivity index is 1.15. The van der Waals surface area contributed by atoms with Gasteiger partial charge >= 0.3 is 11.7 Å². The first-order chi connectivity index (χ1) is 15.5. The topological polar surface area (TPSA) is 109 Å². The number of piperazine rings is 1. The molecule has 32 heavy (non-hydrogen) atoms. The van der Waals surface area contributed by atoms with Crippen molar-refractivity contribution in [1.82, 2.24) is 24.7 Å². The molecule has 9 nitrogen and oxygen atoms in total. The maximum absolute atomic E-state index is 12.5. The molecule has 1 aliphatic carbocycles. The van der Waals surface area contributed by atoms with Crippen LogP contribution in [0.2, 0.25) is 0 Å². The number of hydrogen-bond acceptors (Lipinski definition) is 6. The van der Waals surface area contributed by atoms with Crippen LogP contribution in [0.4, 0.5) is 10.6 Å². The second kappa shape index (κ2) is 8.65. The molecule has 0 unspecified atom stereocenters. The Bertz CT molecular complexity index is 1020. The van der Waals surface area contributed by atoms with Crippen LogP contribution in [0.25, 0.3) is 5.69 Å². The average molecular weight is 438 g/mol. The second-order valence-corrected chi connectivity index (χ2v) is 9.43. The van der Waals surface area contributed by atoms with Crippen molar-refractivity contribution in [3.05, 3.63) is 52.6 Å². The van der Waals surface area contributed by atoms with Gasteiger partial charge in [0.15, 0.2) is 0 Å². The summed E-state index contributed by atoms with van der Waals surface area (Å²) >= 11 is 0. The number of benzene rings is 1. The Morgan fingerprint density at radius 1 is 1.16 bits per heavy atom. The van der Waals surface area contributed by atoms with Gasteiger partial charge in [0.25, 0.3) is 0 Å². The molecule has 2 amide bonds. The van der Waals surface area contributed by atoms with Gasteiger partial charge in [0.1, 0.15) is 5.82 Å². The summed E-state index contributed by atoms with van der Waals surface area (Å²) < 4.78 is 1.49. The van der Waals surface area contributed by atoms with Gasteiger partial charge < -0.3 is 20.9 Å². The van der Waals surface area contributed by atoms with Crippen molar-refractivity contribution >= 4 is 11.8 Å². The number of aromatic nitrogens is 2. The minimum atomic E-state index is -0.416. The number of anilines is 1. The van der Waals surface area contributed by atoms with Crippen molar-refractivity contribution in [3.8, 4) is 5.69 Å². The van der Waals surface area contributed by atoms with Crippen LogP contribution in [0, 0.1) is 5.41 Å². The molecule has 0 atom stereocenters. The highest BCUT2D eigenvalue weighted by Gasteiger charge is 2.50. The standard InChI is InChI=1S/C23H31N7O2/c24-18-13-23(14-18)15-28(16-23)9-5-17-1-3-19(4-2-17)30-10-6-20(27-22(30)32)26-21(31)29-11-7-25-8-12-29/h1-4,6,10,18,25H,5,7-9,11-16,24H2,(H,26,27,31,32). The first kappa shape index (κ1) is 21.1. The first-order valence-corrected chi connectivity index (χ1v) is 11.4. The van der Waals surface area contributed by atoms with E-state index < -0.39 is 5.69 Å². The lowest BCUT2D eigenvalue weighted by Gasteiger charge is -2.58. The number of hydrogen-bond donors (Lipinski definition) is 3. The van der Waals surface area contributed by atoms with Crippen molar-refractivity contribution in [3.63, 3.8) is 0 Å². The fourth-order valence-corrected chi connectivity index (χ4v) is 5.21. The highest BCUT2D eigenvalue weighted by Crippen LogP contribution is 2.47. The lowest BCUT2D eigenvalue weighted by Crippen LogP contribution is -2.65. The Labute approximate surface area is 187 Å². The molecular formula is C23H31N7O2. The summed E-state index contributed by atoms with van der Waals surface area (Å²) in [6, 6.07) is 9.86. The van der Waals surface area contributed by atoms with Crippen molar-refractivity contribution in [1.29, 1.82) is 0 Å². The SMILES string of the molecule is NC1CC2(C1)CN(CCc1ccc(-n3ccc(NC(=O)N4CCNCC4)nc3=O)cc1)C2. The van der Waals surface area contributed by atoms with E-state index in [4.69, 9.17) is 5.73 Å². The van der Waals surface area contributed by atoms with Gasteiger partial charge in [-0.25, -0.2) is 9.59 Å². The predicted octanol–water partition coefficient (Wildman–Crippen LogP) is 0.635. The zero-order valence-corrected chi connectivity index (χ0v) is 18.3. The van der Waals surface area contributed by atoms with Crippen LogP contribution in [0.5, 0.6) is 0 Å². The monoisotopic (exact) mass is 437 g/mol. The van der Waals surface area contributed by atoms with E-state index in [1.165, 1.54) is 36.1 Å². The highest BCUT2D eigenvalue weighted by atomic mass is 16.2. The summed E-state index contributed by atoms with van der Waals surface area (Å²) in [6.07, 6.45) is 5.01. The molecule has 3 fully saturated rings. The van der Waals surface area contributed by atoms with E-state index in [1.807, 2.05) is 12.1 Å². The van der Waals surface area contributed by atoms with E-state index in [-0.39, 0.29) is 11.8 Å². The fourth-order valence-electron chi connectivity index (χ4n) is 5.21. The van der Waals surface area contributed by atoms with Crippen LogP contribution >= 0.6 is 0 Å². The van der Waals surface area contributed by atoms with E-state index in [0.29, 0.717) is 24.5 Å². The molecule has 1 spiro atoms. The molecule has 2 saturated heterocycles. The maximum atomic E-state index is 12.5. The third-order valence-corrected chi connectivity index (χ3v) is 6.88. The molecule has 1 aromatic carbocycles. The number of carbonyl (C=O) groups excluding carboxylic acids is 1. The largest absolute Gasteiger partial charge is 0.354 e. The normalized spacial score (nSPS) is 20.6. The third-order valence-electron chi connectivity index (χ3n) is 6.88. The van der Waals surface area contributed by atoms with Crippen molar-refractivity contribution in [2.24, 2.45) is 11.1 Å². The average Bonchev–Trinajstić information content (AvgIpc) is 2.75. The molecule has 0 bridgehead atoms. The Morgan fingerprint density at radius 2 is 1.88 bits per heavy atom. The molecule has 2 aliphatic heterocycles. The van der Waals surface area contributed by atoms with E-state index in [2.05, 4.69) is 32.7 Å². The zero-order valence-electron chi connectivity index (χ0n) is 18.3. The Kier molecular flexibility index (Phi) is 5.71. The quantitative estimate of drug-likeness (QED) is 0.633. The summed E-state index contributed by atoms with van der Waals surface area (Å²) in [7, 11) is 0. The third kappa shape index (κ3) is 4.41. The van der Waals surface area contributed by atoms with E-state index in [1.54, 1.807) is 17.2 Å². The van der Waals surface area contributed by atoms with Gasteiger partial charge in [-0.05, 0) is 48.4 Å². The predicted molar refractivity (Wildman–Crippen MR) is 123 cm³/mol. The second-order valence-electron chi connectivity index (χ2n) is 9.43. The highest BCUT2D eigenvalue weighted by molar-refractivity contribution is 5.88. The van der Waals surface area contributed by atoms with Gasteiger partial charge in [-0.15, -0.1) is 0 Å². The molecule has 170 valence electrons. The summed E-state index contributed by atoms with van der Waals surface area (Å²) in [5.74, 6) is 0.270. The van der Waals surface area contributed by atoms with Gasteiger partial charge in [0, 0.05) is 58.1 Å². The number of rotatable bonds is 5. The fraction of sp³-hybridized carbons (Fsp3) is 0.522. The van der Waals surface area contributed by atoms with Crippen molar-refractivity contribution < 1.29 is 4.79 Å². The van der Waals surface area contributed by atoms with Crippen molar-refractivity contribution in [2.75, 3.05) is 51.1 Å². The first-order valence-electron chi connectivity index (χ1n) is 11.4. The molecular weight excluding hydrogens is 406 g/mol. The zero-order chi connectivity index (χ0) is 22.1. The van der Waals surface area contributed by atoms with Crippen LogP contribution in [0.3, 0.4) is 0 Å². The van der Waals surface area contributed by atoms with Crippen LogP contribution in [0.15, 0.2) is 41.3 Å². The molecule has 5 rings (SSSR count). The maximum Gasteiger partial charge on any atom is 0.354 e. The van der Waals surface area contributed by atoms with Crippen LogP contribution in [-0.4, -0.2) is 77.2 Å². The molecule has 4 N–H and O–H groups in total. The summed E-state index contributed by atoms with van der Waals surface area (Å²) in [5, 5.41) is 5.92. The molecule has 0 radical (unpaired) electrons. The van der Waals surface area contributed by atoms with Gasteiger partial charge in [-0.2, -0.15) is 4.98 Å². The number of likely N-dealkylation sites (tertiary alicyclic amines) is 1. The van der Waals surface area contributed by atoms with E-state index in [9.17, 15) is 9.59 Å².